The van der Waals surface area contributed by atoms with Crippen LogP contribution in [-0.4, -0.2) is 66.9 Å². The fraction of sp³-hybridized carbons (Fsp3) is 0.333. The maximum Gasteiger partial charge on any atom is 0.233 e. The molecule has 0 spiro atoms. The Kier molecular flexibility index (Phi) is 6.98. The van der Waals surface area contributed by atoms with E-state index in [0.717, 1.165) is 28.1 Å². The number of nitrogens with zero attached hydrogens (tertiary/aromatic N) is 5. The third-order valence-corrected chi connectivity index (χ3v) is 7.99. The van der Waals surface area contributed by atoms with E-state index in [1.54, 1.807) is 22.5 Å². The Morgan fingerprint density at radius 3 is 2.41 bits per heavy atom. The first-order valence-corrected chi connectivity index (χ1v) is 13.0. The molecule has 0 unspecified atom stereocenters. The smallest absolute Gasteiger partial charge is 0.233 e. The van der Waals surface area contributed by atoms with Crippen molar-refractivity contribution in [1.82, 2.24) is 24.5 Å². The van der Waals surface area contributed by atoms with Crippen molar-refractivity contribution in [3.8, 4) is 22.4 Å². The number of halogens is 1. The van der Waals surface area contributed by atoms with E-state index in [-0.39, 0.29) is 11.8 Å². The molecule has 0 bridgehead atoms. The number of aliphatic hydroxyl groups excluding tert-OH is 2. The molecule has 0 saturated carbocycles. The van der Waals surface area contributed by atoms with Crippen LogP contribution in [0, 0.1) is 5.41 Å². The van der Waals surface area contributed by atoms with Gasteiger partial charge >= 0.3 is 0 Å². The van der Waals surface area contributed by atoms with Gasteiger partial charge in [-0.1, -0.05) is 36.4 Å². The summed E-state index contributed by atoms with van der Waals surface area (Å²) in [7, 11) is 0. The summed E-state index contributed by atoms with van der Waals surface area (Å²) < 4.78 is 2.33. The van der Waals surface area contributed by atoms with Gasteiger partial charge in [0.15, 0.2) is 5.65 Å². The molecule has 192 valence electrons. The van der Waals surface area contributed by atoms with Crippen LogP contribution in [-0.2, 0) is 4.79 Å². The minimum Gasteiger partial charge on any atom is -0.395 e. The van der Waals surface area contributed by atoms with Crippen molar-refractivity contribution in [2.24, 2.45) is 5.41 Å². The van der Waals surface area contributed by atoms with Crippen molar-refractivity contribution >= 4 is 33.3 Å². The lowest BCUT2D eigenvalue weighted by molar-refractivity contribution is -0.147. The van der Waals surface area contributed by atoms with E-state index >= 15 is 0 Å². The molecule has 4 N–H and O–H groups in total. The summed E-state index contributed by atoms with van der Waals surface area (Å²) >= 11 is 3.63. The highest BCUT2D eigenvalue weighted by Crippen LogP contribution is 2.37. The van der Waals surface area contributed by atoms with Crippen LogP contribution in [0.4, 0.5) is 5.82 Å². The van der Waals surface area contributed by atoms with Gasteiger partial charge in [0.05, 0.1) is 40.7 Å². The number of carbonyl (C=O) groups is 1. The number of anilines is 1. The molecule has 0 atom stereocenters. The monoisotopic (exact) mass is 564 g/mol. The van der Waals surface area contributed by atoms with Crippen LogP contribution < -0.4 is 5.73 Å². The Bertz CT molecular complexity index is 1410. The minimum absolute atomic E-state index is 0.0848. The van der Waals surface area contributed by atoms with Gasteiger partial charge in [-0.3, -0.25) is 9.78 Å². The van der Waals surface area contributed by atoms with Gasteiger partial charge in [-0.2, -0.15) is 9.61 Å². The summed E-state index contributed by atoms with van der Waals surface area (Å²) in [6.45, 7) is 1.81. The Labute approximate surface area is 223 Å². The summed E-state index contributed by atoms with van der Waals surface area (Å²) in [5.74, 6) is 0.316. The Hall–Kier alpha value is -3.34. The number of hydrogen-bond donors (Lipinski definition) is 3. The molecule has 0 aliphatic carbocycles. The van der Waals surface area contributed by atoms with Gasteiger partial charge in [-0.25, -0.2) is 4.98 Å². The third-order valence-electron chi connectivity index (χ3n) is 7.18. The topological polar surface area (TPSA) is 130 Å². The van der Waals surface area contributed by atoms with Gasteiger partial charge in [-0.15, -0.1) is 0 Å². The number of rotatable bonds is 6. The van der Waals surface area contributed by atoms with Gasteiger partial charge in [0.2, 0.25) is 5.91 Å². The lowest BCUT2D eigenvalue weighted by Gasteiger charge is -2.37. The first-order valence-electron chi connectivity index (χ1n) is 12.2. The molecule has 4 heterocycles. The zero-order chi connectivity index (χ0) is 26.2. The Balaban J connectivity index is 1.42. The molecule has 1 fully saturated rings. The Morgan fingerprint density at radius 2 is 1.78 bits per heavy atom. The average Bonchev–Trinajstić information content (AvgIpc) is 3.39. The van der Waals surface area contributed by atoms with E-state index in [9.17, 15) is 15.0 Å². The van der Waals surface area contributed by atoms with Crippen LogP contribution in [0.25, 0.3) is 28.0 Å². The number of amides is 1. The number of hydrogen-bond acceptors (Lipinski definition) is 7. The molecule has 1 saturated heterocycles. The van der Waals surface area contributed by atoms with E-state index < -0.39 is 18.6 Å². The molecule has 1 aliphatic rings. The van der Waals surface area contributed by atoms with E-state index in [1.165, 1.54) is 0 Å². The summed E-state index contributed by atoms with van der Waals surface area (Å²) in [4.78, 5) is 24.2. The van der Waals surface area contributed by atoms with Crippen LogP contribution in [0.5, 0.6) is 0 Å². The van der Waals surface area contributed by atoms with E-state index in [2.05, 4.69) is 26.0 Å². The minimum atomic E-state index is -1.17. The number of carbonyl (C=O) groups excluding carboxylic acids is 1. The molecular formula is C27H29BrN6O3. The van der Waals surface area contributed by atoms with Crippen LogP contribution in [0.2, 0.25) is 0 Å². The highest BCUT2D eigenvalue weighted by atomic mass is 79.9. The van der Waals surface area contributed by atoms with Crippen LogP contribution in [0.15, 0.2) is 59.3 Å². The van der Waals surface area contributed by atoms with Gasteiger partial charge in [0, 0.05) is 41.9 Å². The largest absolute Gasteiger partial charge is 0.395 e. The predicted octanol–water partition coefficient (Wildman–Crippen LogP) is 3.50. The second-order valence-electron chi connectivity index (χ2n) is 9.73. The molecule has 37 heavy (non-hydrogen) atoms. The quantitative estimate of drug-likeness (QED) is 0.326. The van der Waals surface area contributed by atoms with Crippen molar-refractivity contribution in [2.75, 3.05) is 32.0 Å². The van der Waals surface area contributed by atoms with Crippen LogP contribution in [0.1, 0.15) is 31.4 Å². The first kappa shape index (κ1) is 25.3. The lowest BCUT2D eigenvalue weighted by Crippen LogP contribution is -2.49. The number of piperidine rings is 1. The highest BCUT2D eigenvalue weighted by molar-refractivity contribution is 9.10. The molecule has 9 nitrogen and oxygen atoms in total. The number of benzene rings is 1. The van der Waals surface area contributed by atoms with Crippen molar-refractivity contribution in [3.63, 3.8) is 0 Å². The van der Waals surface area contributed by atoms with Gasteiger partial charge in [0.1, 0.15) is 5.82 Å². The van der Waals surface area contributed by atoms with Crippen molar-refractivity contribution in [1.29, 1.82) is 0 Å². The van der Waals surface area contributed by atoms with E-state index in [4.69, 9.17) is 10.7 Å². The number of aromatic nitrogens is 4. The lowest BCUT2D eigenvalue weighted by atomic mass is 9.88. The molecular weight excluding hydrogens is 536 g/mol. The molecule has 10 heteroatoms. The third kappa shape index (κ3) is 4.60. The number of fused-ring (bicyclic) bond motifs is 1. The number of nitrogens with two attached hydrogens (primary N) is 1. The molecule has 3 aromatic heterocycles. The van der Waals surface area contributed by atoms with Crippen molar-refractivity contribution in [3.05, 3.63) is 65.0 Å². The van der Waals surface area contributed by atoms with Crippen molar-refractivity contribution < 1.29 is 15.0 Å². The summed E-state index contributed by atoms with van der Waals surface area (Å²) in [6, 6.07) is 14.0. The average molecular weight is 565 g/mol. The summed E-state index contributed by atoms with van der Waals surface area (Å²) in [5, 5.41) is 23.7. The fourth-order valence-corrected chi connectivity index (χ4v) is 5.32. The van der Waals surface area contributed by atoms with E-state index in [0.29, 0.717) is 41.9 Å². The number of nitrogen functional groups attached to an aromatic ring is 1. The molecule has 1 aliphatic heterocycles. The van der Waals surface area contributed by atoms with Gasteiger partial charge < -0.3 is 20.8 Å². The predicted molar refractivity (Wildman–Crippen MR) is 145 cm³/mol. The standard InChI is InChI=1S/C27H29BrN6O3/c1-27(15-35,16-36)26(37)33-11-9-18(10-12-33)23-22(28)24(29)34-25(32-23)20(14-31-34)19-7-8-21(30-13-19)17-5-3-2-4-6-17/h2-8,13-14,18,35-36H,9-12,15-16,29H2,1H3. The number of pyridine rings is 1. The second-order valence-corrected chi connectivity index (χ2v) is 10.5. The SMILES string of the molecule is CC(CO)(CO)C(=O)N1CCC(c2nc3c(-c4ccc(-c5ccccc5)nc4)cnn3c(N)c2Br)CC1. The van der Waals surface area contributed by atoms with Crippen molar-refractivity contribution in [2.45, 2.75) is 25.7 Å². The summed E-state index contributed by atoms with van der Waals surface area (Å²) in [5.41, 5.74) is 10.4. The molecule has 4 aromatic rings. The molecule has 0 radical (unpaired) electrons. The van der Waals surface area contributed by atoms with Gasteiger partial charge in [-0.05, 0) is 41.8 Å². The normalized spacial score (nSPS) is 14.9. The van der Waals surface area contributed by atoms with Gasteiger partial charge in [0.25, 0.3) is 0 Å². The zero-order valence-corrected chi connectivity index (χ0v) is 22.1. The Morgan fingerprint density at radius 1 is 1.08 bits per heavy atom. The molecule has 1 aromatic carbocycles. The summed E-state index contributed by atoms with van der Waals surface area (Å²) in [6.07, 6.45) is 4.95. The number of likely N-dealkylation sites (tertiary alicyclic amines) is 1. The van der Waals surface area contributed by atoms with Crippen LogP contribution in [0.3, 0.4) is 0 Å². The molecule has 1 amide bonds. The first-order chi connectivity index (χ1) is 17.9. The zero-order valence-electron chi connectivity index (χ0n) is 20.5. The highest BCUT2D eigenvalue weighted by Gasteiger charge is 2.38. The fourth-order valence-electron chi connectivity index (χ4n) is 4.74. The van der Waals surface area contributed by atoms with E-state index in [1.807, 2.05) is 48.7 Å². The molecule has 5 rings (SSSR count). The maximum atomic E-state index is 12.8. The van der Waals surface area contributed by atoms with Crippen LogP contribution >= 0.6 is 15.9 Å². The number of aliphatic hydroxyl groups is 2. The maximum absolute atomic E-state index is 12.8. The second kappa shape index (κ2) is 10.2.